The number of aromatic nitrogens is 1. The van der Waals surface area contributed by atoms with Gasteiger partial charge in [0.2, 0.25) is 5.91 Å². The van der Waals surface area contributed by atoms with Crippen molar-refractivity contribution >= 4 is 17.2 Å². The van der Waals surface area contributed by atoms with Gasteiger partial charge < -0.3 is 9.84 Å². The van der Waals surface area contributed by atoms with E-state index in [0.29, 0.717) is 19.4 Å². The highest BCUT2D eigenvalue weighted by Gasteiger charge is 2.10. The number of hydrogen-bond acceptors (Lipinski definition) is 4. The van der Waals surface area contributed by atoms with Crippen LogP contribution in [0.15, 0.2) is 21.3 Å². The fourth-order valence-electron chi connectivity index (χ4n) is 1.78. The Morgan fingerprint density at radius 2 is 2.33 bits per heavy atom. The zero-order valence-electron chi connectivity index (χ0n) is 10.5. The van der Waals surface area contributed by atoms with Crippen LogP contribution < -0.4 is 5.32 Å². The first-order chi connectivity index (χ1) is 8.66. The summed E-state index contributed by atoms with van der Waals surface area (Å²) in [6, 6.07) is 2.01. The number of nitrogens with zero attached hydrogens (tertiary/aromatic N) is 1. The third-order valence-corrected chi connectivity index (χ3v) is 3.59. The van der Waals surface area contributed by atoms with Crippen LogP contribution in [0.3, 0.4) is 0 Å². The molecule has 2 aromatic rings. The minimum absolute atomic E-state index is 0.0567. The van der Waals surface area contributed by atoms with Gasteiger partial charge in [0.1, 0.15) is 5.76 Å². The lowest BCUT2D eigenvalue weighted by Crippen LogP contribution is -2.22. The van der Waals surface area contributed by atoms with Crippen LogP contribution in [0.2, 0.25) is 0 Å². The molecule has 0 aromatic carbocycles. The molecule has 0 saturated heterocycles. The number of hydrogen-bond donors (Lipinski definition) is 1. The van der Waals surface area contributed by atoms with Crippen LogP contribution in [0.25, 0.3) is 0 Å². The molecule has 18 heavy (non-hydrogen) atoms. The van der Waals surface area contributed by atoms with E-state index >= 15 is 0 Å². The van der Waals surface area contributed by atoms with Crippen molar-refractivity contribution in [1.82, 2.24) is 10.5 Å². The van der Waals surface area contributed by atoms with Crippen molar-refractivity contribution in [2.45, 2.75) is 33.2 Å². The van der Waals surface area contributed by atoms with Gasteiger partial charge in [0.05, 0.1) is 5.69 Å². The van der Waals surface area contributed by atoms with Gasteiger partial charge in [0.15, 0.2) is 0 Å². The SMILES string of the molecule is Cc1noc(C)c1CCC(=O)NCc1ccsc1. The van der Waals surface area contributed by atoms with E-state index in [-0.39, 0.29) is 5.91 Å². The molecule has 0 aliphatic heterocycles. The molecule has 2 heterocycles. The van der Waals surface area contributed by atoms with Crippen LogP contribution in [0.5, 0.6) is 0 Å². The molecule has 1 N–H and O–H groups in total. The third-order valence-electron chi connectivity index (χ3n) is 2.85. The summed E-state index contributed by atoms with van der Waals surface area (Å²) in [6.07, 6.45) is 1.14. The lowest BCUT2D eigenvalue weighted by Gasteiger charge is -2.03. The lowest BCUT2D eigenvalue weighted by molar-refractivity contribution is -0.121. The molecular formula is C13H16N2O2S. The normalized spacial score (nSPS) is 10.6. The van der Waals surface area contributed by atoms with Crippen molar-refractivity contribution in [3.8, 4) is 0 Å². The van der Waals surface area contributed by atoms with Crippen molar-refractivity contribution in [3.63, 3.8) is 0 Å². The Hall–Kier alpha value is -1.62. The minimum Gasteiger partial charge on any atom is -0.361 e. The molecule has 1 amide bonds. The van der Waals surface area contributed by atoms with E-state index in [4.69, 9.17) is 4.52 Å². The summed E-state index contributed by atoms with van der Waals surface area (Å²) in [5.41, 5.74) is 3.06. The van der Waals surface area contributed by atoms with Crippen LogP contribution >= 0.6 is 11.3 Å². The standard InChI is InChI=1S/C13H16N2O2S/c1-9-12(10(2)17-15-9)3-4-13(16)14-7-11-5-6-18-8-11/h5-6,8H,3-4,7H2,1-2H3,(H,14,16). The van der Waals surface area contributed by atoms with Crippen molar-refractivity contribution in [1.29, 1.82) is 0 Å². The summed E-state index contributed by atoms with van der Waals surface area (Å²) in [6.45, 7) is 4.37. The monoisotopic (exact) mass is 264 g/mol. The average Bonchev–Trinajstić information content (AvgIpc) is 2.96. The Labute approximate surface area is 110 Å². The summed E-state index contributed by atoms with van der Waals surface area (Å²) >= 11 is 1.63. The third kappa shape index (κ3) is 3.20. The average molecular weight is 264 g/mol. The number of carbonyl (C=O) groups is 1. The smallest absolute Gasteiger partial charge is 0.220 e. The van der Waals surface area contributed by atoms with Gasteiger partial charge in [-0.05, 0) is 42.7 Å². The first-order valence-electron chi connectivity index (χ1n) is 5.86. The Morgan fingerprint density at radius 1 is 1.50 bits per heavy atom. The van der Waals surface area contributed by atoms with Crippen molar-refractivity contribution in [3.05, 3.63) is 39.4 Å². The Kier molecular flexibility index (Phi) is 4.15. The zero-order chi connectivity index (χ0) is 13.0. The van der Waals surface area contributed by atoms with Crippen LogP contribution in [-0.2, 0) is 17.8 Å². The number of thiophene rings is 1. The van der Waals surface area contributed by atoms with E-state index in [1.54, 1.807) is 11.3 Å². The number of rotatable bonds is 5. The summed E-state index contributed by atoms with van der Waals surface area (Å²) in [5.74, 6) is 0.860. The van der Waals surface area contributed by atoms with Gasteiger partial charge in [-0.1, -0.05) is 5.16 Å². The predicted octanol–water partition coefficient (Wildman–Crippen LogP) is 2.60. The minimum atomic E-state index is 0.0567. The zero-order valence-corrected chi connectivity index (χ0v) is 11.3. The summed E-state index contributed by atoms with van der Waals surface area (Å²) in [4.78, 5) is 11.7. The van der Waals surface area contributed by atoms with Gasteiger partial charge in [-0.3, -0.25) is 4.79 Å². The molecule has 0 aliphatic rings. The first kappa shape index (κ1) is 12.8. The maximum absolute atomic E-state index is 11.7. The van der Waals surface area contributed by atoms with Gasteiger partial charge in [0, 0.05) is 18.5 Å². The Balaban J connectivity index is 1.78. The van der Waals surface area contributed by atoms with Crippen LogP contribution in [-0.4, -0.2) is 11.1 Å². The number of amides is 1. The molecule has 4 nitrogen and oxygen atoms in total. The van der Waals surface area contributed by atoms with E-state index < -0.39 is 0 Å². The second kappa shape index (κ2) is 5.82. The van der Waals surface area contributed by atoms with Gasteiger partial charge in [-0.25, -0.2) is 0 Å². The van der Waals surface area contributed by atoms with E-state index in [1.165, 1.54) is 0 Å². The topological polar surface area (TPSA) is 55.1 Å². The molecule has 0 spiro atoms. The van der Waals surface area contributed by atoms with E-state index in [2.05, 4.69) is 10.5 Å². The highest BCUT2D eigenvalue weighted by molar-refractivity contribution is 7.07. The lowest BCUT2D eigenvalue weighted by atomic mass is 10.1. The maximum atomic E-state index is 11.7. The Bertz CT molecular complexity index is 498. The molecule has 2 rings (SSSR count). The molecule has 0 fully saturated rings. The second-order valence-corrected chi connectivity index (χ2v) is 4.99. The van der Waals surface area contributed by atoms with Gasteiger partial charge >= 0.3 is 0 Å². The quantitative estimate of drug-likeness (QED) is 0.903. The molecule has 0 saturated carbocycles. The van der Waals surface area contributed by atoms with E-state index in [1.807, 2.05) is 30.7 Å². The molecule has 0 atom stereocenters. The second-order valence-electron chi connectivity index (χ2n) is 4.21. The van der Waals surface area contributed by atoms with Gasteiger partial charge in [-0.2, -0.15) is 11.3 Å². The molecule has 0 aliphatic carbocycles. The maximum Gasteiger partial charge on any atom is 0.220 e. The van der Waals surface area contributed by atoms with E-state index in [9.17, 15) is 4.79 Å². The van der Waals surface area contributed by atoms with Crippen LogP contribution in [0, 0.1) is 13.8 Å². The predicted molar refractivity (Wildman–Crippen MR) is 70.5 cm³/mol. The Morgan fingerprint density at radius 3 is 2.94 bits per heavy atom. The van der Waals surface area contributed by atoms with Crippen molar-refractivity contribution in [2.75, 3.05) is 0 Å². The largest absolute Gasteiger partial charge is 0.361 e. The summed E-state index contributed by atoms with van der Waals surface area (Å²) in [5, 5.41) is 10.8. The van der Waals surface area contributed by atoms with Crippen molar-refractivity contribution < 1.29 is 9.32 Å². The molecule has 2 aromatic heterocycles. The summed E-state index contributed by atoms with van der Waals surface area (Å²) < 4.78 is 5.07. The summed E-state index contributed by atoms with van der Waals surface area (Å²) in [7, 11) is 0. The highest BCUT2D eigenvalue weighted by atomic mass is 32.1. The van der Waals surface area contributed by atoms with Crippen LogP contribution in [0.1, 0.15) is 29.0 Å². The number of carbonyl (C=O) groups excluding carboxylic acids is 1. The van der Waals surface area contributed by atoms with Crippen LogP contribution in [0.4, 0.5) is 0 Å². The molecule has 96 valence electrons. The fourth-order valence-corrected chi connectivity index (χ4v) is 2.45. The van der Waals surface area contributed by atoms with Gasteiger partial charge in [0.25, 0.3) is 0 Å². The molecule has 0 radical (unpaired) electrons. The van der Waals surface area contributed by atoms with E-state index in [0.717, 1.165) is 22.6 Å². The molecule has 0 bridgehead atoms. The molecule has 5 heteroatoms. The van der Waals surface area contributed by atoms with Gasteiger partial charge in [-0.15, -0.1) is 0 Å². The number of aryl methyl sites for hydroxylation is 2. The van der Waals surface area contributed by atoms with Crippen molar-refractivity contribution in [2.24, 2.45) is 0 Å². The first-order valence-corrected chi connectivity index (χ1v) is 6.80. The fraction of sp³-hybridized carbons (Fsp3) is 0.385. The molecule has 0 unspecified atom stereocenters. The highest BCUT2D eigenvalue weighted by Crippen LogP contribution is 2.14. The molecular weight excluding hydrogens is 248 g/mol. The number of nitrogens with one attached hydrogen (secondary N) is 1.